The van der Waals surface area contributed by atoms with Gasteiger partial charge in [-0.15, -0.1) is 0 Å². The number of pyridine rings is 1. The molecule has 1 unspecified atom stereocenters. The maximum Gasteiger partial charge on any atom is 0.104 e. The number of para-hydroxylation sites is 1. The second-order valence-electron chi connectivity index (χ2n) is 5.39. The third-order valence-electron chi connectivity index (χ3n) is 4.11. The molecule has 0 radical (unpaired) electrons. The Morgan fingerprint density at radius 1 is 1.32 bits per heavy atom. The molecule has 1 aromatic carbocycles. The van der Waals surface area contributed by atoms with E-state index >= 15 is 0 Å². The SMILES string of the molecule is Cc1c2c(nc3ccccc13)CCCN(C(C)O)C2. The number of rotatable bonds is 1. The summed E-state index contributed by atoms with van der Waals surface area (Å²) < 4.78 is 0. The van der Waals surface area contributed by atoms with E-state index in [0.29, 0.717) is 0 Å². The second kappa shape index (κ2) is 4.91. The van der Waals surface area contributed by atoms with Crippen molar-refractivity contribution in [3.05, 3.63) is 41.1 Å². The first kappa shape index (κ1) is 12.6. The fourth-order valence-corrected chi connectivity index (χ4v) is 2.95. The van der Waals surface area contributed by atoms with Crippen LogP contribution in [0.4, 0.5) is 0 Å². The second-order valence-corrected chi connectivity index (χ2v) is 5.39. The molecule has 3 rings (SSSR count). The lowest BCUT2D eigenvalue weighted by molar-refractivity contribution is 0.0137. The number of aryl methyl sites for hydroxylation is 2. The molecule has 1 aromatic heterocycles. The monoisotopic (exact) mass is 256 g/mol. The minimum absolute atomic E-state index is 0.392. The van der Waals surface area contributed by atoms with Gasteiger partial charge in [-0.1, -0.05) is 18.2 Å². The van der Waals surface area contributed by atoms with E-state index in [9.17, 15) is 5.11 Å². The summed E-state index contributed by atoms with van der Waals surface area (Å²) in [5.74, 6) is 0. The molecule has 0 aliphatic carbocycles. The molecule has 3 heteroatoms. The molecule has 0 spiro atoms. The predicted octanol–water partition coefficient (Wildman–Crippen LogP) is 2.63. The zero-order valence-electron chi connectivity index (χ0n) is 11.6. The summed E-state index contributed by atoms with van der Waals surface area (Å²) in [6.45, 7) is 5.75. The highest BCUT2D eigenvalue weighted by atomic mass is 16.3. The average molecular weight is 256 g/mol. The van der Waals surface area contributed by atoms with Crippen LogP contribution in [0.2, 0.25) is 0 Å². The van der Waals surface area contributed by atoms with Crippen molar-refractivity contribution in [3.8, 4) is 0 Å². The van der Waals surface area contributed by atoms with Crippen LogP contribution in [0.15, 0.2) is 24.3 Å². The molecule has 0 saturated carbocycles. The topological polar surface area (TPSA) is 36.4 Å². The van der Waals surface area contributed by atoms with Gasteiger partial charge in [-0.05, 0) is 43.9 Å². The highest BCUT2D eigenvalue weighted by Gasteiger charge is 2.21. The number of nitrogens with zero attached hydrogens (tertiary/aromatic N) is 2. The van der Waals surface area contributed by atoms with Crippen molar-refractivity contribution in [2.24, 2.45) is 0 Å². The Labute approximate surface area is 113 Å². The van der Waals surface area contributed by atoms with Crippen LogP contribution in [0, 0.1) is 6.92 Å². The van der Waals surface area contributed by atoms with Gasteiger partial charge in [-0.3, -0.25) is 9.88 Å². The summed E-state index contributed by atoms with van der Waals surface area (Å²) in [6, 6.07) is 8.32. The van der Waals surface area contributed by atoms with Gasteiger partial charge in [0.1, 0.15) is 6.23 Å². The maximum absolute atomic E-state index is 9.84. The Morgan fingerprint density at radius 3 is 2.89 bits per heavy atom. The molecule has 0 fully saturated rings. The van der Waals surface area contributed by atoms with Crippen molar-refractivity contribution in [3.63, 3.8) is 0 Å². The smallest absolute Gasteiger partial charge is 0.104 e. The molecule has 1 aliphatic heterocycles. The lowest BCUT2D eigenvalue weighted by Gasteiger charge is -2.24. The molecule has 1 atom stereocenters. The Balaban J connectivity index is 2.15. The normalized spacial score (nSPS) is 18.1. The summed E-state index contributed by atoms with van der Waals surface area (Å²) in [7, 11) is 0. The molecule has 0 saturated heterocycles. The highest BCUT2D eigenvalue weighted by molar-refractivity contribution is 5.83. The number of aliphatic hydroxyl groups is 1. The van der Waals surface area contributed by atoms with Gasteiger partial charge in [0.05, 0.1) is 5.52 Å². The summed E-state index contributed by atoms with van der Waals surface area (Å²) >= 11 is 0. The van der Waals surface area contributed by atoms with E-state index in [1.165, 1.54) is 22.2 Å². The van der Waals surface area contributed by atoms with Crippen LogP contribution in [0.25, 0.3) is 10.9 Å². The Kier molecular flexibility index (Phi) is 3.25. The summed E-state index contributed by atoms with van der Waals surface area (Å²) in [5, 5.41) is 11.1. The third-order valence-corrected chi connectivity index (χ3v) is 4.11. The van der Waals surface area contributed by atoms with Crippen molar-refractivity contribution >= 4 is 10.9 Å². The Bertz CT molecular complexity index is 607. The van der Waals surface area contributed by atoms with E-state index in [1.807, 2.05) is 13.0 Å². The Morgan fingerprint density at radius 2 is 2.11 bits per heavy atom. The number of hydrogen-bond donors (Lipinski definition) is 1. The van der Waals surface area contributed by atoms with Crippen LogP contribution < -0.4 is 0 Å². The highest BCUT2D eigenvalue weighted by Crippen LogP contribution is 2.27. The third kappa shape index (κ3) is 2.24. The van der Waals surface area contributed by atoms with Gasteiger partial charge >= 0.3 is 0 Å². The van der Waals surface area contributed by atoms with E-state index in [-0.39, 0.29) is 0 Å². The molecular weight excluding hydrogens is 236 g/mol. The number of aliphatic hydroxyl groups excluding tert-OH is 1. The summed E-state index contributed by atoms with van der Waals surface area (Å²) in [4.78, 5) is 6.94. The quantitative estimate of drug-likeness (QED) is 0.852. The van der Waals surface area contributed by atoms with Crippen molar-refractivity contribution < 1.29 is 5.11 Å². The fraction of sp³-hybridized carbons (Fsp3) is 0.438. The van der Waals surface area contributed by atoms with E-state index in [4.69, 9.17) is 4.98 Å². The number of aromatic nitrogens is 1. The maximum atomic E-state index is 9.84. The van der Waals surface area contributed by atoms with Crippen LogP contribution in [0.3, 0.4) is 0 Å². The van der Waals surface area contributed by atoms with E-state index in [0.717, 1.165) is 31.4 Å². The van der Waals surface area contributed by atoms with Crippen molar-refractivity contribution in [2.45, 2.75) is 39.5 Å². The summed E-state index contributed by atoms with van der Waals surface area (Å²) in [5.41, 5.74) is 4.91. The minimum Gasteiger partial charge on any atom is -0.379 e. The van der Waals surface area contributed by atoms with Crippen LogP contribution in [-0.4, -0.2) is 27.8 Å². The van der Waals surface area contributed by atoms with Crippen LogP contribution in [-0.2, 0) is 13.0 Å². The molecule has 19 heavy (non-hydrogen) atoms. The molecular formula is C16H20N2O. The average Bonchev–Trinajstić information content (AvgIpc) is 2.62. The van der Waals surface area contributed by atoms with Crippen LogP contribution >= 0.6 is 0 Å². The molecule has 0 amide bonds. The molecule has 1 N–H and O–H groups in total. The number of hydrogen-bond acceptors (Lipinski definition) is 3. The largest absolute Gasteiger partial charge is 0.379 e. The lowest BCUT2D eigenvalue weighted by Crippen LogP contribution is -2.32. The molecule has 0 bridgehead atoms. The zero-order valence-corrected chi connectivity index (χ0v) is 11.6. The first-order valence-corrected chi connectivity index (χ1v) is 6.96. The molecule has 2 aromatic rings. The molecule has 100 valence electrons. The predicted molar refractivity (Wildman–Crippen MR) is 76.9 cm³/mol. The van der Waals surface area contributed by atoms with Crippen molar-refractivity contribution in [1.29, 1.82) is 0 Å². The van der Waals surface area contributed by atoms with Gasteiger partial charge in [0.25, 0.3) is 0 Å². The number of benzene rings is 1. The van der Waals surface area contributed by atoms with Gasteiger partial charge < -0.3 is 5.11 Å². The van der Waals surface area contributed by atoms with Crippen LogP contribution in [0.1, 0.15) is 30.2 Å². The fourth-order valence-electron chi connectivity index (χ4n) is 2.95. The van der Waals surface area contributed by atoms with Gasteiger partial charge in [0, 0.05) is 24.2 Å². The van der Waals surface area contributed by atoms with Crippen molar-refractivity contribution in [1.82, 2.24) is 9.88 Å². The zero-order chi connectivity index (χ0) is 13.4. The number of fused-ring (bicyclic) bond motifs is 2. The Hall–Kier alpha value is -1.45. The molecule has 2 heterocycles. The summed E-state index contributed by atoms with van der Waals surface area (Å²) in [6.07, 6.45) is 1.67. The van der Waals surface area contributed by atoms with Crippen LogP contribution in [0.5, 0.6) is 0 Å². The van der Waals surface area contributed by atoms with Gasteiger partial charge in [0.15, 0.2) is 0 Å². The van der Waals surface area contributed by atoms with E-state index in [1.54, 1.807) is 0 Å². The van der Waals surface area contributed by atoms with E-state index in [2.05, 4.69) is 30.0 Å². The first-order chi connectivity index (χ1) is 9.16. The first-order valence-electron chi connectivity index (χ1n) is 6.96. The van der Waals surface area contributed by atoms with Crippen molar-refractivity contribution in [2.75, 3.05) is 6.54 Å². The minimum atomic E-state index is -0.392. The van der Waals surface area contributed by atoms with Gasteiger partial charge in [0.2, 0.25) is 0 Å². The van der Waals surface area contributed by atoms with Gasteiger partial charge in [-0.25, -0.2) is 0 Å². The molecule has 3 nitrogen and oxygen atoms in total. The molecule has 1 aliphatic rings. The lowest BCUT2D eigenvalue weighted by atomic mass is 10.00. The van der Waals surface area contributed by atoms with Gasteiger partial charge in [-0.2, -0.15) is 0 Å². The van der Waals surface area contributed by atoms with E-state index < -0.39 is 6.23 Å². The standard InChI is InChI=1S/C16H20N2O/c1-11-13-6-3-4-7-15(13)17-16-8-5-9-18(12(2)19)10-14(11)16/h3-4,6-7,12,19H,5,8-10H2,1-2H3.